The molecular formula is C22H27N3O. The van der Waals surface area contributed by atoms with Gasteiger partial charge in [0.05, 0.1) is 6.42 Å². The molecule has 4 nitrogen and oxygen atoms in total. The summed E-state index contributed by atoms with van der Waals surface area (Å²) in [7, 11) is 0. The van der Waals surface area contributed by atoms with Crippen LogP contribution in [0.5, 0.6) is 0 Å². The van der Waals surface area contributed by atoms with E-state index >= 15 is 0 Å². The van der Waals surface area contributed by atoms with E-state index in [1.807, 2.05) is 12.1 Å². The van der Waals surface area contributed by atoms with E-state index in [1.165, 1.54) is 37.1 Å². The van der Waals surface area contributed by atoms with Crippen molar-refractivity contribution < 1.29 is 4.79 Å². The lowest BCUT2D eigenvalue weighted by Crippen LogP contribution is -2.18. The molecule has 0 saturated carbocycles. The zero-order chi connectivity index (χ0) is 17.8. The minimum atomic E-state index is 0.0350. The molecule has 4 heteroatoms. The second kappa shape index (κ2) is 7.81. The fourth-order valence-electron chi connectivity index (χ4n) is 3.92. The number of rotatable bonds is 5. The molecule has 1 amide bonds. The molecule has 4 rings (SSSR count). The van der Waals surface area contributed by atoms with Gasteiger partial charge in [-0.1, -0.05) is 12.1 Å². The van der Waals surface area contributed by atoms with Gasteiger partial charge in [0.25, 0.3) is 0 Å². The van der Waals surface area contributed by atoms with Crippen LogP contribution in [-0.4, -0.2) is 32.1 Å². The summed E-state index contributed by atoms with van der Waals surface area (Å²) in [6.45, 7) is 4.57. The summed E-state index contributed by atoms with van der Waals surface area (Å²) in [6, 6.07) is 16.6. The minimum absolute atomic E-state index is 0.0350. The van der Waals surface area contributed by atoms with Crippen molar-refractivity contribution in [1.29, 1.82) is 0 Å². The van der Waals surface area contributed by atoms with Gasteiger partial charge in [-0.2, -0.15) is 0 Å². The summed E-state index contributed by atoms with van der Waals surface area (Å²) in [5.41, 5.74) is 4.44. The highest BCUT2D eigenvalue weighted by molar-refractivity contribution is 5.92. The van der Waals surface area contributed by atoms with E-state index in [1.54, 1.807) is 0 Å². The largest absolute Gasteiger partial charge is 0.372 e. The molecular weight excluding hydrogens is 322 g/mol. The third-order valence-corrected chi connectivity index (χ3v) is 5.39. The van der Waals surface area contributed by atoms with Crippen LogP contribution < -0.4 is 15.1 Å². The fraction of sp³-hybridized carbons (Fsp3) is 0.409. The van der Waals surface area contributed by atoms with Gasteiger partial charge in [0, 0.05) is 43.2 Å². The molecule has 0 radical (unpaired) electrons. The van der Waals surface area contributed by atoms with Crippen LogP contribution in [0.3, 0.4) is 0 Å². The van der Waals surface area contributed by atoms with E-state index in [4.69, 9.17) is 0 Å². The number of amides is 1. The van der Waals surface area contributed by atoms with Crippen molar-refractivity contribution in [2.75, 3.05) is 41.3 Å². The number of carbonyl (C=O) groups is 1. The highest BCUT2D eigenvalue weighted by Gasteiger charge is 2.13. The average Bonchev–Trinajstić information content (AvgIpc) is 3.37. The fourth-order valence-corrected chi connectivity index (χ4v) is 3.92. The van der Waals surface area contributed by atoms with Gasteiger partial charge < -0.3 is 15.1 Å². The molecule has 26 heavy (non-hydrogen) atoms. The van der Waals surface area contributed by atoms with Crippen molar-refractivity contribution in [1.82, 2.24) is 0 Å². The molecule has 2 aromatic carbocycles. The Morgan fingerprint density at radius 1 is 0.731 bits per heavy atom. The maximum Gasteiger partial charge on any atom is 0.228 e. The predicted octanol–water partition coefficient (Wildman–Crippen LogP) is 4.07. The van der Waals surface area contributed by atoms with E-state index in [-0.39, 0.29) is 5.91 Å². The van der Waals surface area contributed by atoms with Crippen LogP contribution in [0.15, 0.2) is 48.5 Å². The van der Waals surface area contributed by atoms with E-state index in [2.05, 4.69) is 51.5 Å². The van der Waals surface area contributed by atoms with Gasteiger partial charge in [-0.3, -0.25) is 4.79 Å². The molecule has 0 bridgehead atoms. The number of carbonyl (C=O) groups excluding carboxylic acids is 1. The lowest BCUT2D eigenvalue weighted by molar-refractivity contribution is -0.115. The van der Waals surface area contributed by atoms with Crippen LogP contribution >= 0.6 is 0 Å². The quantitative estimate of drug-likeness (QED) is 0.884. The van der Waals surface area contributed by atoms with Gasteiger partial charge in [-0.25, -0.2) is 0 Å². The molecule has 0 spiro atoms. The minimum Gasteiger partial charge on any atom is -0.372 e. The van der Waals surface area contributed by atoms with Crippen LogP contribution in [-0.2, 0) is 11.2 Å². The molecule has 2 fully saturated rings. The van der Waals surface area contributed by atoms with Crippen LogP contribution in [0, 0.1) is 0 Å². The third kappa shape index (κ3) is 4.01. The maximum absolute atomic E-state index is 12.3. The Bertz CT molecular complexity index is 663. The van der Waals surface area contributed by atoms with Crippen LogP contribution in [0.2, 0.25) is 0 Å². The van der Waals surface area contributed by atoms with Crippen molar-refractivity contribution in [3.05, 3.63) is 54.1 Å². The first-order valence-corrected chi connectivity index (χ1v) is 9.77. The van der Waals surface area contributed by atoms with Crippen LogP contribution in [0.4, 0.5) is 17.1 Å². The zero-order valence-electron chi connectivity index (χ0n) is 15.3. The van der Waals surface area contributed by atoms with Gasteiger partial charge in [0.2, 0.25) is 5.91 Å². The molecule has 136 valence electrons. The molecule has 2 aliphatic rings. The average molecular weight is 349 g/mol. The Balaban J connectivity index is 1.31. The number of benzene rings is 2. The van der Waals surface area contributed by atoms with E-state index in [9.17, 15) is 4.79 Å². The second-order valence-corrected chi connectivity index (χ2v) is 7.33. The number of hydrogen-bond acceptors (Lipinski definition) is 3. The van der Waals surface area contributed by atoms with Gasteiger partial charge in [0.1, 0.15) is 0 Å². The number of hydrogen-bond donors (Lipinski definition) is 1. The van der Waals surface area contributed by atoms with E-state index in [0.29, 0.717) is 6.42 Å². The molecule has 2 saturated heterocycles. The topological polar surface area (TPSA) is 35.6 Å². The molecule has 0 atom stereocenters. The Kier molecular flexibility index (Phi) is 5.09. The van der Waals surface area contributed by atoms with Crippen molar-refractivity contribution in [3.63, 3.8) is 0 Å². The number of nitrogens with one attached hydrogen (secondary N) is 1. The Morgan fingerprint density at radius 3 is 1.69 bits per heavy atom. The van der Waals surface area contributed by atoms with Crippen molar-refractivity contribution in [3.8, 4) is 0 Å². The van der Waals surface area contributed by atoms with Crippen molar-refractivity contribution in [2.24, 2.45) is 0 Å². The first-order chi connectivity index (χ1) is 12.8. The van der Waals surface area contributed by atoms with Gasteiger partial charge in [-0.05, 0) is 67.6 Å². The van der Waals surface area contributed by atoms with Crippen molar-refractivity contribution >= 4 is 23.0 Å². The zero-order valence-corrected chi connectivity index (χ0v) is 15.3. The predicted molar refractivity (Wildman–Crippen MR) is 108 cm³/mol. The molecule has 1 N–H and O–H groups in total. The van der Waals surface area contributed by atoms with Gasteiger partial charge >= 0.3 is 0 Å². The first kappa shape index (κ1) is 17.0. The molecule has 2 aromatic rings. The molecule has 0 aromatic heterocycles. The van der Waals surface area contributed by atoms with E-state index in [0.717, 1.165) is 37.4 Å². The molecule has 0 unspecified atom stereocenters. The van der Waals surface area contributed by atoms with Crippen molar-refractivity contribution in [2.45, 2.75) is 32.1 Å². The molecule has 0 aliphatic carbocycles. The summed E-state index contributed by atoms with van der Waals surface area (Å²) in [5.74, 6) is 0.0350. The highest BCUT2D eigenvalue weighted by atomic mass is 16.1. The SMILES string of the molecule is O=C(Cc1ccc(N2CCCC2)cc1)Nc1ccc(N2CCCC2)cc1. The summed E-state index contributed by atoms with van der Waals surface area (Å²) in [6.07, 6.45) is 5.51. The standard InChI is InChI=1S/C22H27N3O/c26-22(17-18-5-9-20(10-6-18)24-13-1-2-14-24)23-19-7-11-21(12-8-19)25-15-3-4-16-25/h5-12H,1-4,13-17H2,(H,23,26). The maximum atomic E-state index is 12.3. The second-order valence-electron chi connectivity index (χ2n) is 7.33. The summed E-state index contributed by atoms with van der Waals surface area (Å²) >= 11 is 0. The summed E-state index contributed by atoms with van der Waals surface area (Å²) in [5, 5.41) is 3.01. The summed E-state index contributed by atoms with van der Waals surface area (Å²) in [4.78, 5) is 17.1. The summed E-state index contributed by atoms with van der Waals surface area (Å²) < 4.78 is 0. The number of nitrogens with zero attached hydrogens (tertiary/aromatic N) is 2. The monoisotopic (exact) mass is 349 g/mol. The van der Waals surface area contributed by atoms with Crippen LogP contribution in [0.1, 0.15) is 31.2 Å². The smallest absolute Gasteiger partial charge is 0.228 e. The molecule has 2 aliphatic heterocycles. The van der Waals surface area contributed by atoms with Gasteiger partial charge in [0.15, 0.2) is 0 Å². The Hall–Kier alpha value is -2.49. The Morgan fingerprint density at radius 2 is 1.19 bits per heavy atom. The molecule has 2 heterocycles. The van der Waals surface area contributed by atoms with Gasteiger partial charge in [-0.15, -0.1) is 0 Å². The third-order valence-electron chi connectivity index (χ3n) is 5.39. The van der Waals surface area contributed by atoms with Crippen LogP contribution in [0.25, 0.3) is 0 Å². The lowest BCUT2D eigenvalue weighted by atomic mass is 10.1. The lowest BCUT2D eigenvalue weighted by Gasteiger charge is -2.18. The first-order valence-electron chi connectivity index (χ1n) is 9.77. The highest BCUT2D eigenvalue weighted by Crippen LogP contribution is 2.23. The number of anilines is 3. The van der Waals surface area contributed by atoms with E-state index < -0.39 is 0 Å². The normalized spacial score (nSPS) is 16.9. The Labute approximate surface area is 155 Å².